The van der Waals surface area contributed by atoms with Gasteiger partial charge in [-0.3, -0.25) is 0 Å². The molecule has 1 aliphatic rings. The predicted octanol–water partition coefficient (Wildman–Crippen LogP) is 0.983. The Labute approximate surface area is 107 Å². The molecule has 2 atom stereocenters. The summed E-state index contributed by atoms with van der Waals surface area (Å²) in [5.41, 5.74) is 5.99. The lowest BCUT2D eigenvalue weighted by Gasteiger charge is -2.29. The summed E-state index contributed by atoms with van der Waals surface area (Å²) < 4.78 is 28.0. The van der Waals surface area contributed by atoms with Crippen LogP contribution in [0.1, 0.15) is 25.7 Å². The minimum atomic E-state index is -3.64. The van der Waals surface area contributed by atoms with Gasteiger partial charge >= 0.3 is 0 Å². The Balaban J connectivity index is 2.06. The highest BCUT2D eigenvalue weighted by molar-refractivity contribution is 7.89. The van der Waals surface area contributed by atoms with Gasteiger partial charge in [0, 0.05) is 6.04 Å². The summed E-state index contributed by atoms with van der Waals surface area (Å²) in [7, 11) is -3.64. The van der Waals surface area contributed by atoms with Crippen molar-refractivity contribution in [2.24, 2.45) is 10.9 Å². The Bertz CT molecular complexity index is 499. The molecule has 0 amide bonds. The van der Waals surface area contributed by atoms with Gasteiger partial charge in [-0.05, 0) is 43.5 Å². The van der Waals surface area contributed by atoms with Crippen LogP contribution in [0.5, 0.6) is 5.75 Å². The molecule has 0 bridgehead atoms. The monoisotopic (exact) mass is 270 g/mol. The molecule has 18 heavy (non-hydrogen) atoms. The molecule has 0 spiro atoms. The Hall–Kier alpha value is -1.11. The number of ether oxygens (including phenoxy) is 1. The summed E-state index contributed by atoms with van der Waals surface area (Å²) in [6.45, 7) is 0. The van der Waals surface area contributed by atoms with Gasteiger partial charge in [-0.25, -0.2) is 13.6 Å². The van der Waals surface area contributed by atoms with Gasteiger partial charge in [0.25, 0.3) is 0 Å². The Kier molecular flexibility index (Phi) is 3.89. The molecule has 4 N–H and O–H groups in total. The van der Waals surface area contributed by atoms with E-state index in [4.69, 9.17) is 15.6 Å². The maximum absolute atomic E-state index is 11.1. The van der Waals surface area contributed by atoms with Crippen molar-refractivity contribution in [2.75, 3.05) is 0 Å². The number of sulfonamides is 1. The molecule has 2 unspecified atom stereocenters. The molecule has 6 heteroatoms. The largest absolute Gasteiger partial charge is 0.489 e. The van der Waals surface area contributed by atoms with E-state index < -0.39 is 10.0 Å². The van der Waals surface area contributed by atoms with Gasteiger partial charge in [-0.1, -0.05) is 6.42 Å². The molecule has 1 saturated carbocycles. The van der Waals surface area contributed by atoms with Crippen LogP contribution in [-0.4, -0.2) is 20.6 Å². The van der Waals surface area contributed by atoms with Gasteiger partial charge in [-0.2, -0.15) is 0 Å². The quantitative estimate of drug-likeness (QED) is 0.856. The lowest BCUT2D eigenvalue weighted by Crippen LogP contribution is -2.41. The van der Waals surface area contributed by atoms with Crippen LogP contribution in [0.15, 0.2) is 29.2 Å². The van der Waals surface area contributed by atoms with Crippen molar-refractivity contribution in [3.05, 3.63) is 24.3 Å². The summed E-state index contributed by atoms with van der Waals surface area (Å²) >= 11 is 0. The Morgan fingerprint density at radius 2 is 1.72 bits per heavy atom. The first-order chi connectivity index (χ1) is 8.47. The molecule has 1 aliphatic carbocycles. The van der Waals surface area contributed by atoms with E-state index in [0.29, 0.717) is 5.75 Å². The molecule has 1 aromatic carbocycles. The fraction of sp³-hybridized carbons (Fsp3) is 0.500. The van der Waals surface area contributed by atoms with Gasteiger partial charge in [-0.15, -0.1) is 0 Å². The smallest absolute Gasteiger partial charge is 0.238 e. The fourth-order valence-electron chi connectivity index (χ4n) is 2.15. The molecule has 1 aromatic rings. The van der Waals surface area contributed by atoms with Crippen LogP contribution < -0.4 is 15.6 Å². The minimum absolute atomic E-state index is 0.0130. The predicted molar refractivity (Wildman–Crippen MR) is 68.7 cm³/mol. The van der Waals surface area contributed by atoms with E-state index in [1.54, 1.807) is 12.1 Å². The first-order valence-corrected chi connectivity index (χ1v) is 7.56. The molecule has 5 nitrogen and oxygen atoms in total. The van der Waals surface area contributed by atoms with E-state index in [0.717, 1.165) is 25.7 Å². The first kappa shape index (κ1) is 13.3. The third-order valence-corrected chi connectivity index (χ3v) is 4.12. The molecule has 0 radical (unpaired) electrons. The molecule has 100 valence electrons. The van der Waals surface area contributed by atoms with Crippen LogP contribution in [0.4, 0.5) is 0 Å². The third-order valence-electron chi connectivity index (χ3n) is 3.19. The molecular formula is C12H18N2O3S. The van der Waals surface area contributed by atoms with Crippen LogP contribution in [0.3, 0.4) is 0 Å². The number of hydrogen-bond acceptors (Lipinski definition) is 4. The Morgan fingerprint density at radius 1 is 1.11 bits per heavy atom. The average molecular weight is 270 g/mol. The second-order valence-corrected chi connectivity index (χ2v) is 6.18. The van der Waals surface area contributed by atoms with Crippen molar-refractivity contribution in [1.82, 2.24) is 0 Å². The number of rotatable bonds is 3. The topological polar surface area (TPSA) is 95.4 Å². The lowest BCUT2D eigenvalue weighted by atomic mass is 9.93. The number of primary sulfonamides is 1. The maximum Gasteiger partial charge on any atom is 0.238 e. The second-order valence-electron chi connectivity index (χ2n) is 4.62. The van der Waals surface area contributed by atoms with E-state index in [9.17, 15) is 8.42 Å². The van der Waals surface area contributed by atoms with E-state index >= 15 is 0 Å². The molecule has 0 heterocycles. The normalized spacial score (nSPS) is 24.8. The summed E-state index contributed by atoms with van der Waals surface area (Å²) in [4.78, 5) is 0.0859. The molecule has 0 aromatic heterocycles. The third kappa shape index (κ3) is 3.22. The van der Waals surface area contributed by atoms with E-state index in [1.807, 2.05) is 0 Å². The van der Waals surface area contributed by atoms with Crippen LogP contribution >= 0.6 is 0 Å². The van der Waals surface area contributed by atoms with Crippen molar-refractivity contribution in [1.29, 1.82) is 0 Å². The van der Waals surface area contributed by atoms with Gasteiger partial charge < -0.3 is 10.5 Å². The summed E-state index contributed by atoms with van der Waals surface area (Å²) in [5, 5.41) is 5.02. The van der Waals surface area contributed by atoms with Crippen molar-refractivity contribution < 1.29 is 13.2 Å². The molecule has 1 fully saturated rings. The van der Waals surface area contributed by atoms with Crippen molar-refractivity contribution in [3.8, 4) is 5.75 Å². The lowest BCUT2D eigenvalue weighted by molar-refractivity contribution is 0.132. The zero-order valence-electron chi connectivity index (χ0n) is 10.1. The van der Waals surface area contributed by atoms with Crippen LogP contribution in [0, 0.1) is 0 Å². The maximum atomic E-state index is 11.1. The Morgan fingerprint density at radius 3 is 2.28 bits per heavy atom. The van der Waals surface area contributed by atoms with Gasteiger partial charge in [0.15, 0.2) is 0 Å². The highest BCUT2D eigenvalue weighted by atomic mass is 32.2. The van der Waals surface area contributed by atoms with Crippen molar-refractivity contribution in [3.63, 3.8) is 0 Å². The number of hydrogen-bond donors (Lipinski definition) is 2. The zero-order valence-corrected chi connectivity index (χ0v) is 10.9. The fourth-order valence-corrected chi connectivity index (χ4v) is 2.67. The minimum Gasteiger partial charge on any atom is -0.489 e. The van der Waals surface area contributed by atoms with Gasteiger partial charge in [0.05, 0.1) is 4.90 Å². The van der Waals surface area contributed by atoms with E-state index in [2.05, 4.69) is 0 Å². The molecule has 0 aliphatic heterocycles. The standard InChI is InChI=1S/C12H18N2O3S/c13-11-3-1-2-4-12(11)17-9-5-7-10(8-6-9)18(14,15)16/h5-8,11-12H,1-4,13H2,(H2,14,15,16). The van der Waals surface area contributed by atoms with Crippen molar-refractivity contribution in [2.45, 2.75) is 42.7 Å². The number of benzene rings is 1. The number of nitrogens with two attached hydrogens (primary N) is 2. The van der Waals surface area contributed by atoms with Crippen LogP contribution in [0.25, 0.3) is 0 Å². The second kappa shape index (κ2) is 5.26. The molecule has 0 saturated heterocycles. The summed E-state index contributed by atoms with van der Waals surface area (Å²) in [5.74, 6) is 0.629. The average Bonchev–Trinajstić information content (AvgIpc) is 2.32. The van der Waals surface area contributed by atoms with E-state index in [1.165, 1.54) is 12.1 Å². The van der Waals surface area contributed by atoms with Crippen molar-refractivity contribution >= 4 is 10.0 Å². The highest BCUT2D eigenvalue weighted by Gasteiger charge is 2.23. The molecular weight excluding hydrogens is 252 g/mol. The molecule has 2 rings (SSSR count). The van der Waals surface area contributed by atoms with E-state index in [-0.39, 0.29) is 17.0 Å². The van der Waals surface area contributed by atoms with Gasteiger partial charge in [0.2, 0.25) is 10.0 Å². The SMILES string of the molecule is NC1CCCCC1Oc1ccc(S(N)(=O)=O)cc1. The summed E-state index contributed by atoms with van der Waals surface area (Å²) in [6.07, 6.45) is 4.19. The zero-order chi connectivity index (χ0) is 13.2. The summed E-state index contributed by atoms with van der Waals surface area (Å²) in [6, 6.07) is 6.16. The van der Waals surface area contributed by atoms with Crippen LogP contribution in [-0.2, 0) is 10.0 Å². The first-order valence-electron chi connectivity index (χ1n) is 6.02. The van der Waals surface area contributed by atoms with Gasteiger partial charge in [0.1, 0.15) is 11.9 Å². The van der Waals surface area contributed by atoms with Crippen LogP contribution in [0.2, 0.25) is 0 Å². The highest BCUT2D eigenvalue weighted by Crippen LogP contribution is 2.23.